The molecule has 1 aromatic carbocycles. The van der Waals surface area contributed by atoms with Crippen molar-refractivity contribution in [3.05, 3.63) is 35.4 Å². The lowest BCUT2D eigenvalue weighted by Gasteiger charge is -2.10. The molecule has 0 fully saturated rings. The lowest BCUT2D eigenvalue weighted by Crippen LogP contribution is -2.21. The minimum atomic E-state index is -0.721. The van der Waals surface area contributed by atoms with Crippen LogP contribution >= 0.6 is 0 Å². The zero-order valence-corrected chi connectivity index (χ0v) is 12.3. The van der Waals surface area contributed by atoms with Crippen LogP contribution in [0.15, 0.2) is 24.3 Å². The fourth-order valence-corrected chi connectivity index (χ4v) is 2.15. The van der Waals surface area contributed by atoms with Crippen LogP contribution in [0.25, 0.3) is 0 Å². The predicted molar refractivity (Wildman–Crippen MR) is 77.0 cm³/mol. The van der Waals surface area contributed by atoms with Gasteiger partial charge in [-0.2, -0.15) is 0 Å². The van der Waals surface area contributed by atoms with Gasteiger partial charge in [0.25, 0.3) is 0 Å². The summed E-state index contributed by atoms with van der Waals surface area (Å²) in [7, 11) is 0.984. The van der Waals surface area contributed by atoms with Crippen LogP contribution < -0.4 is 5.32 Å². The van der Waals surface area contributed by atoms with Crippen molar-refractivity contribution in [2.24, 2.45) is 0 Å². The first-order valence-electron chi connectivity index (χ1n) is 6.23. The van der Waals surface area contributed by atoms with Gasteiger partial charge in [-0.05, 0) is 24.1 Å². The van der Waals surface area contributed by atoms with Gasteiger partial charge in [-0.15, -0.1) is 0 Å². The highest BCUT2D eigenvalue weighted by Crippen LogP contribution is 2.06. The first-order chi connectivity index (χ1) is 8.63. The van der Waals surface area contributed by atoms with Gasteiger partial charge in [-0.1, -0.05) is 31.2 Å². The molecule has 1 N–H and O–H groups in total. The maximum atomic E-state index is 11.2. The van der Waals surface area contributed by atoms with Gasteiger partial charge in [0.2, 0.25) is 0 Å². The summed E-state index contributed by atoms with van der Waals surface area (Å²) in [5.74, 6) is 0. The number of hydrogen-bond donors (Lipinski definition) is 1. The molecule has 0 amide bonds. The Labute approximate surface area is 112 Å². The first kappa shape index (κ1) is 15.3. The summed E-state index contributed by atoms with van der Waals surface area (Å²) in [6, 6.07) is 8.37. The highest BCUT2D eigenvalue weighted by atomic mass is 32.2. The Morgan fingerprint density at radius 1 is 1.39 bits per heavy atom. The van der Waals surface area contributed by atoms with Gasteiger partial charge in [0.1, 0.15) is 0 Å². The molecule has 0 saturated carbocycles. The molecule has 2 atom stereocenters. The summed E-state index contributed by atoms with van der Waals surface area (Å²) in [5, 5.41) is 3.64. The summed E-state index contributed by atoms with van der Waals surface area (Å²) in [4.78, 5) is 0. The largest absolute Gasteiger partial charge is 0.380 e. The molecule has 1 rings (SSSR count). The summed E-state index contributed by atoms with van der Waals surface area (Å²) < 4.78 is 16.3. The van der Waals surface area contributed by atoms with Crippen LogP contribution in [0.3, 0.4) is 0 Å². The SMILES string of the molecule is COCc1cccc(CNCCC(C)S(C)=O)c1. The van der Waals surface area contributed by atoms with Crippen molar-refractivity contribution in [1.29, 1.82) is 0 Å². The fraction of sp³-hybridized carbons (Fsp3) is 0.571. The normalized spacial score (nSPS) is 14.4. The molecule has 0 spiro atoms. The van der Waals surface area contributed by atoms with E-state index in [-0.39, 0.29) is 5.25 Å². The van der Waals surface area contributed by atoms with Crippen molar-refractivity contribution < 1.29 is 8.95 Å². The third-order valence-corrected chi connectivity index (χ3v) is 4.29. The third-order valence-electron chi connectivity index (χ3n) is 2.93. The molecule has 18 heavy (non-hydrogen) atoms. The highest BCUT2D eigenvalue weighted by Gasteiger charge is 2.04. The van der Waals surface area contributed by atoms with Crippen molar-refractivity contribution in [2.45, 2.75) is 31.7 Å². The van der Waals surface area contributed by atoms with Gasteiger partial charge < -0.3 is 10.1 Å². The average Bonchev–Trinajstić information content (AvgIpc) is 2.35. The van der Waals surface area contributed by atoms with E-state index < -0.39 is 10.8 Å². The number of ether oxygens (including phenoxy) is 1. The van der Waals surface area contributed by atoms with E-state index in [0.29, 0.717) is 6.61 Å². The minimum Gasteiger partial charge on any atom is -0.380 e. The first-order valence-corrected chi connectivity index (χ1v) is 7.85. The second-order valence-corrected chi connectivity index (χ2v) is 6.33. The van der Waals surface area contributed by atoms with E-state index in [0.717, 1.165) is 19.5 Å². The van der Waals surface area contributed by atoms with Gasteiger partial charge in [0.05, 0.1) is 6.61 Å². The Balaban J connectivity index is 2.30. The molecule has 4 heteroatoms. The van der Waals surface area contributed by atoms with Crippen LogP contribution in [-0.4, -0.2) is 29.4 Å². The van der Waals surface area contributed by atoms with E-state index in [1.165, 1.54) is 11.1 Å². The van der Waals surface area contributed by atoms with E-state index in [1.807, 2.05) is 6.92 Å². The zero-order valence-electron chi connectivity index (χ0n) is 11.4. The molecule has 0 radical (unpaired) electrons. The Morgan fingerprint density at radius 3 is 2.78 bits per heavy atom. The maximum absolute atomic E-state index is 11.2. The van der Waals surface area contributed by atoms with E-state index >= 15 is 0 Å². The standard InChI is InChI=1S/C14H23NO2S/c1-12(18(3)16)7-8-15-10-13-5-4-6-14(9-13)11-17-2/h4-6,9,12,15H,7-8,10-11H2,1-3H3. The number of nitrogens with one attached hydrogen (secondary N) is 1. The lowest BCUT2D eigenvalue weighted by molar-refractivity contribution is 0.185. The van der Waals surface area contributed by atoms with E-state index in [1.54, 1.807) is 13.4 Å². The van der Waals surface area contributed by atoms with Gasteiger partial charge in [0.15, 0.2) is 0 Å². The molecule has 2 unspecified atom stereocenters. The quantitative estimate of drug-likeness (QED) is 0.734. The topological polar surface area (TPSA) is 38.3 Å². The van der Waals surface area contributed by atoms with Crippen LogP contribution in [0.1, 0.15) is 24.5 Å². The molecular formula is C14H23NO2S. The van der Waals surface area contributed by atoms with Crippen LogP contribution in [0, 0.1) is 0 Å². The van der Waals surface area contributed by atoms with Crippen molar-refractivity contribution in [1.82, 2.24) is 5.32 Å². The fourth-order valence-electron chi connectivity index (χ4n) is 1.70. The molecule has 0 saturated heterocycles. The van der Waals surface area contributed by atoms with Crippen LogP contribution in [0.4, 0.5) is 0 Å². The van der Waals surface area contributed by atoms with Crippen LogP contribution in [0.5, 0.6) is 0 Å². The van der Waals surface area contributed by atoms with E-state index in [2.05, 4.69) is 29.6 Å². The molecule has 0 bridgehead atoms. The smallest absolute Gasteiger partial charge is 0.0713 e. The molecular weight excluding hydrogens is 246 g/mol. The molecule has 1 aromatic rings. The number of rotatable bonds is 8. The Morgan fingerprint density at radius 2 is 2.11 bits per heavy atom. The van der Waals surface area contributed by atoms with Gasteiger partial charge >= 0.3 is 0 Å². The summed E-state index contributed by atoms with van der Waals surface area (Å²) in [6.07, 6.45) is 2.71. The van der Waals surface area contributed by atoms with Crippen molar-refractivity contribution in [3.8, 4) is 0 Å². The van der Waals surface area contributed by atoms with Gasteiger partial charge in [-0.25, -0.2) is 0 Å². The maximum Gasteiger partial charge on any atom is 0.0713 e. The van der Waals surface area contributed by atoms with Crippen LogP contribution in [0.2, 0.25) is 0 Å². The van der Waals surface area contributed by atoms with Gasteiger partial charge in [-0.3, -0.25) is 4.21 Å². The van der Waals surface area contributed by atoms with Crippen LogP contribution in [-0.2, 0) is 28.7 Å². The second-order valence-electron chi connectivity index (χ2n) is 4.53. The highest BCUT2D eigenvalue weighted by molar-refractivity contribution is 7.84. The molecule has 0 heterocycles. The Hall–Kier alpha value is -0.710. The number of benzene rings is 1. The van der Waals surface area contributed by atoms with Crippen molar-refractivity contribution in [3.63, 3.8) is 0 Å². The zero-order chi connectivity index (χ0) is 13.4. The van der Waals surface area contributed by atoms with Crippen molar-refractivity contribution >= 4 is 10.8 Å². The molecule has 3 nitrogen and oxygen atoms in total. The predicted octanol–water partition coefficient (Wildman–Crippen LogP) is 2.08. The third kappa shape index (κ3) is 5.76. The summed E-state index contributed by atoms with van der Waals surface area (Å²) in [6.45, 7) is 4.42. The second kappa shape index (κ2) is 8.40. The van der Waals surface area contributed by atoms with Gasteiger partial charge in [0, 0.05) is 36.0 Å². The average molecular weight is 269 g/mol. The Bertz CT molecular complexity index is 382. The number of hydrogen-bond acceptors (Lipinski definition) is 3. The lowest BCUT2D eigenvalue weighted by atomic mass is 10.1. The minimum absolute atomic E-state index is 0.261. The molecule has 0 aromatic heterocycles. The molecule has 102 valence electrons. The molecule has 0 aliphatic heterocycles. The summed E-state index contributed by atoms with van der Waals surface area (Å²) >= 11 is 0. The van der Waals surface area contributed by atoms with Crippen molar-refractivity contribution in [2.75, 3.05) is 19.9 Å². The van der Waals surface area contributed by atoms with E-state index in [4.69, 9.17) is 4.74 Å². The Kier molecular flexibility index (Phi) is 7.16. The monoisotopic (exact) mass is 269 g/mol. The summed E-state index contributed by atoms with van der Waals surface area (Å²) in [5.41, 5.74) is 2.45. The van der Waals surface area contributed by atoms with E-state index in [9.17, 15) is 4.21 Å². The molecule has 0 aliphatic rings. The number of methoxy groups -OCH3 is 1. The molecule has 0 aliphatic carbocycles.